The molecule has 322 valence electrons. The molecule has 0 saturated carbocycles. The zero-order valence-corrected chi connectivity index (χ0v) is 37.2. The smallest absolute Gasteiger partial charge is 0.306 e. The van der Waals surface area contributed by atoms with E-state index in [9.17, 15) is 14.7 Å². The first kappa shape index (κ1) is 52.9. The van der Waals surface area contributed by atoms with Crippen LogP contribution in [0.4, 0.5) is 0 Å². The Hall–Kier alpha value is -1.14. The summed E-state index contributed by atoms with van der Waals surface area (Å²) >= 11 is 0. The standard InChI is InChI=1S/C48H95NO5/c1-6-9-12-15-18-24-34-43-53-46(51)37-28-22-19-23-30-39-49(41-32-33-42-50)40-31-25-29-38-48(4,5)44-47(52)54-45(35-26-20-16-13-10-7-2)36-27-21-17-14-11-8-3/h45,50H,6-44H2,1-5H3. The van der Waals surface area contributed by atoms with E-state index in [0.717, 1.165) is 77.4 Å². The Kier molecular flexibility index (Phi) is 39.2. The minimum absolute atomic E-state index is 0.00996. The number of carbonyl (C=O) groups is 2. The SMILES string of the molecule is CCCCCCCCCOC(=O)CCCCCCCN(CCCCO)CCCCCC(C)(C)CC(=O)OC(CCCCCCCC)CCCCCCCC. The Morgan fingerprint density at radius 3 is 1.46 bits per heavy atom. The summed E-state index contributed by atoms with van der Waals surface area (Å²) in [6.07, 6.45) is 39.3. The molecule has 0 spiro atoms. The van der Waals surface area contributed by atoms with Crippen LogP contribution in [0, 0.1) is 5.41 Å². The third-order valence-electron chi connectivity index (χ3n) is 11.3. The Morgan fingerprint density at radius 2 is 0.944 bits per heavy atom. The van der Waals surface area contributed by atoms with Crippen molar-refractivity contribution < 1.29 is 24.2 Å². The maximum atomic E-state index is 13.2. The fourth-order valence-corrected chi connectivity index (χ4v) is 7.62. The average molecular weight is 766 g/mol. The third-order valence-corrected chi connectivity index (χ3v) is 11.3. The molecule has 0 aliphatic rings. The number of ether oxygens (including phenoxy) is 2. The molecule has 0 aliphatic heterocycles. The molecule has 0 bridgehead atoms. The van der Waals surface area contributed by atoms with Crippen LogP contribution in [0.3, 0.4) is 0 Å². The Morgan fingerprint density at radius 1 is 0.519 bits per heavy atom. The molecule has 0 aromatic heterocycles. The number of hydrogen-bond donors (Lipinski definition) is 1. The molecule has 0 rings (SSSR count). The molecule has 0 heterocycles. The number of carbonyl (C=O) groups excluding carboxylic acids is 2. The fraction of sp³-hybridized carbons (Fsp3) is 0.958. The van der Waals surface area contributed by atoms with Crippen molar-refractivity contribution in [2.75, 3.05) is 32.8 Å². The molecule has 0 atom stereocenters. The van der Waals surface area contributed by atoms with Gasteiger partial charge in [0.15, 0.2) is 0 Å². The van der Waals surface area contributed by atoms with Crippen molar-refractivity contribution in [1.29, 1.82) is 0 Å². The fourth-order valence-electron chi connectivity index (χ4n) is 7.62. The molecule has 0 radical (unpaired) electrons. The van der Waals surface area contributed by atoms with Gasteiger partial charge in [-0.3, -0.25) is 9.59 Å². The first-order valence-corrected chi connectivity index (χ1v) is 24.0. The van der Waals surface area contributed by atoms with Crippen molar-refractivity contribution in [3.05, 3.63) is 0 Å². The van der Waals surface area contributed by atoms with Gasteiger partial charge >= 0.3 is 11.9 Å². The van der Waals surface area contributed by atoms with Gasteiger partial charge in [0.05, 0.1) is 13.0 Å². The summed E-state index contributed by atoms with van der Waals surface area (Å²) in [5, 5.41) is 9.32. The summed E-state index contributed by atoms with van der Waals surface area (Å²) in [6, 6.07) is 0. The summed E-state index contributed by atoms with van der Waals surface area (Å²) in [4.78, 5) is 27.8. The van der Waals surface area contributed by atoms with Crippen LogP contribution in [-0.2, 0) is 19.1 Å². The summed E-state index contributed by atoms with van der Waals surface area (Å²) in [5.41, 5.74) is -0.0347. The first-order chi connectivity index (χ1) is 26.3. The zero-order valence-electron chi connectivity index (χ0n) is 37.2. The van der Waals surface area contributed by atoms with Gasteiger partial charge in [0.2, 0.25) is 0 Å². The van der Waals surface area contributed by atoms with Crippen LogP contribution < -0.4 is 0 Å². The highest BCUT2D eigenvalue weighted by Gasteiger charge is 2.24. The maximum Gasteiger partial charge on any atom is 0.306 e. The van der Waals surface area contributed by atoms with Crippen LogP contribution in [0.1, 0.15) is 253 Å². The quantitative estimate of drug-likeness (QED) is 0.0492. The number of aliphatic hydroxyl groups is 1. The molecule has 1 N–H and O–H groups in total. The largest absolute Gasteiger partial charge is 0.466 e. The van der Waals surface area contributed by atoms with Gasteiger partial charge in [0, 0.05) is 13.0 Å². The molecule has 0 aliphatic carbocycles. The van der Waals surface area contributed by atoms with Crippen molar-refractivity contribution in [2.45, 2.75) is 259 Å². The lowest BCUT2D eigenvalue weighted by molar-refractivity contribution is -0.152. The van der Waals surface area contributed by atoms with Gasteiger partial charge in [-0.05, 0) is 95.7 Å². The van der Waals surface area contributed by atoms with Crippen LogP contribution in [-0.4, -0.2) is 60.9 Å². The van der Waals surface area contributed by atoms with Crippen molar-refractivity contribution in [1.82, 2.24) is 4.90 Å². The van der Waals surface area contributed by atoms with Gasteiger partial charge in [-0.25, -0.2) is 0 Å². The normalized spacial score (nSPS) is 11.9. The maximum absolute atomic E-state index is 13.2. The van der Waals surface area contributed by atoms with Crippen molar-refractivity contribution in [3.63, 3.8) is 0 Å². The van der Waals surface area contributed by atoms with Gasteiger partial charge in [0.25, 0.3) is 0 Å². The number of aliphatic hydroxyl groups excluding tert-OH is 1. The molecule has 6 heteroatoms. The number of unbranched alkanes of at least 4 members (excludes halogenated alkanes) is 23. The Bertz CT molecular complexity index is 786. The van der Waals surface area contributed by atoms with Gasteiger partial charge in [-0.15, -0.1) is 0 Å². The number of hydrogen-bond acceptors (Lipinski definition) is 6. The van der Waals surface area contributed by atoms with E-state index < -0.39 is 0 Å². The van der Waals surface area contributed by atoms with Crippen molar-refractivity contribution in [2.24, 2.45) is 5.41 Å². The molecule has 54 heavy (non-hydrogen) atoms. The van der Waals surface area contributed by atoms with E-state index in [4.69, 9.17) is 9.47 Å². The molecule has 0 aromatic rings. The zero-order chi connectivity index (χ0) is 39.8. The lowest BCUT2D eigenvalue weighted by atomic mass is 9.83. The van der Waals surface area contributed by atoms with Crippen LogP contribution in [0.5, 0.6) is 0 Å². The number of nitrogens with zero attached hydrogens (tertiary/aromatic N) is 1. The van der Waals surface area contributed by atoms with E-state index in [1.54, 1.807) is 0 Å². The van der Waals surface area contributed by atoms with Gasteiger partial charge in [-0.1, -0.05) is 169 Å². The summed E-state index contributed by atoms with van der Waals surface area (Å²) in [7, 11) is 0. The summed E-state index contributed by atoms with van der Waals surface area (Å²) < 4.78 is 11.6. The highest BCUT2D eigenvalue weighted by molar-refractivity contribution is 5.70. The second kappa shape index (κ2) is 40.1. The highest BCUT2D eigenvalue weighted by atomic mass is 16.5. The van der Waals surface area contributed by atoms with Gasteiger partial charge in [-0.2, -0.15) is 0 Å². The lowest BCUT2D eigenvalue weighted by Crippen LogP contribution is -2.27. The van der Waals surface area contributed by atoms with Crippen molar-refractivity contribution in [3.8, 4) is 0 Å². The summed E-state index contributed by atoms with van der Waals surface area (Å²) in [6.45, 7) is 15.4. The minimum Gasteiger partial charge on any atom is -0.466 e. The van der Waals surface area contributed by atoms with E-state index in [2.05, 4.69) is 39.5 Å². The first-order valence-electron chi connectivity index (χ1n) is 24.0. The van der Waals surface area contributed by atoms with Crippen LogP contribution in [0.15, 0.2) is 0 Å². The molecule has 0 fully saturated rings. The monoisotopic (exact) mass is 766 g/mol. The molecule has 0 aromatic carbocycles. The highest BCUT2D eigenvalue weighted by Crippen LogP contribution is 2.29. The lowest BCUT2D eigenvalue weighted by Gasteiger charge is -2.26. The molecular weight excluding hydrogens is 671 g/mol. The average Bonchev–Trinajstić information content (AvgIpc) is 3.14. The molecule has 0 saturated heterocycles. The van der Waals surface area contributed by atoms with Crippen LogP contribution in [0.25, 0.3) is 0 Å². The third kappa shape index (κ3) is 37.8. The molecule has 6 nitrogen and oxygen atoms in total. The number of esters is 2. The molecule has 0 amide bonds. The van der Waals surface area contributed by atoms with E-state index in [-0.39, 0.29) is 30.1 Å². The number of rotatable bonds is 43. The molecule has 0 unspecified atom stereocenters. The Balaban J connectivity index is 4.34. The minimum atomic E-state index is -0.0347. The topological polar surface area (TPSA) is 76.1 Å². The van der Waals surface area contributed by atoms with E-state index in [1.165, 1.54) is 148 Å². The summed E-state index contributed by atoms with van der Waals surface area (Å²) in [5.74, 6) is -0.0126. The second-order valence-electron chi connectivity index (χ2n) is 17.5. The van der Waals surface area contributed by atoms with Crippen LogP contribution in [0.2, 0.25) is 0 Å². The van der Waals surface area contributed by atoms with E-state index >= 15 is 0 Å². The van der Waals surface area contributed by atoms with E-state index in [1.807, 2.05) is 0 Å². The van der Waals surface area contributed by atoms with Gasteiger partial charge in [0.1, 0.15) is 6.10 Å². The van der Waals surface area contributed by atoms with Crippen LogP contribution >= 0.6 is 0 Å². The molecular formula is C48H95NO5. The predicted octanol–water partition coefficient (Wildman–Crippen LogP) is 14.1. The predicted molar refractivity (Wildman–Crippen MR) is 232 cm³/mol. The van der Waals surface area contributed by atoms with Gasteiger partial charge < -0.3 is 19.5 Å². The van der Waals surface area contributed by atoms with Crippen molar-refractivity contribution >= 4 is 11.9 Å². The second-order valence-corrected chi connectivity index (χ2v) is 17.5. The Labute approximate surface area is 337 Å². The van der Waals surface area contributed by atoms with E-state index in [0.29, 0.717) is 19.4 Å².